The summed E-state index contributed by atoms with van der Waals surface area (Å²) in [6.45, 7) is 0. The van der Waals surface area contributed by atoms with Crippen LogP contribution in [0.4, 0.5) is 18.9 Å². The van der Waals surface area contributed by atoms with E-state index in [0.717, 1.165) is 0 Å². The molecule has 0 bridgehead atoms. The number of hydrogen-bond acceptors (Lipinski definition) is 3. The lowest BCUT2D eigenvalue weighted by atomic mass is 10.2. The van der Waals surface area contributed by atoms with E-state index < -0.39 is 17.6 Å². The summed E-state index contributed by atoms with van der Waals surface area (Å²) in [4.78, 5) is 15.5. The minimum absolute atomic E-state index is 0.0236. The van der Waals surface area contributed by atoms with Gasteiger partial charge in [-0.1, -0.05) is 0 Å². The standard InChI is InChI=1S/C11H12F3N3O/c1-15-7-2-3-8(16-6-7)9(18)17-10(4-5-10)11(12,13)14/h2-3,6,15H,4-5H2,1H3,(H,17,18). The first kappa shape index (κ1) is 12.7. The van der Waals surface area contributed by atoms with E-state index in [9.17, 15) is 18.0 Å². The molecule has 18 heavy (non-hydrogen) atoms. The van der Waals surface area contributed by atoms with Gasteiger partial charge in [0.1, 0.15) is 11.2 Å². The summed E-state index contributed by atoms with van der Waals surface area (Å²) in [6, 6.07) is 2.96. The van der Waals surface area contributed by atoms with Gasteiger partial charge in [0.05, 0.1) is 11.9 Å². The number of amides is 1. The molecule has 0 aliphatic heterocycles. The number of rotatable bonds is 3. The number of nitrogens with zero attached hydrogens (tertiary/aromatic N) is 1. The molecule has 0 saturated heterocycles. The third-order valence-electron chi connectivity index (χ3n) is 2.93. The molecule has 0 spiro atoms. The molecule has 1 fully saturated rings. The molecule has 2 N–H and O–H groups in total. The van der Waals surface area contributed by atoms with E-state index in [4.69, 9.17) is 0 Å². The zero-order chi connectivity index (χ0) is 13.4. The fourth-order valence-electron chi connectivity index (χ4n) is 1.56. The quantitative estimate of drug-likeness (QED) is 0.872. The highest BCUT2D eigenvalue weighted by Gasteiger charge is 2.64. The highest BCUT2D eigenvalue weighted by atomic mass is 19.4. The summed E-state index contributed by atoms with van der Waals surface area (Å²) in [5.41, 5.74) is -1.39. The van der Waals surface area contributed by atoms with Gasteiger partial charge >= 0.3 is 6.18 Å². The van der Waals surface area contributed by atoms with Crippen molar-refractivity contribution < 1.29 is 18.0 Å². The van der Waals surface area contributed by atoms with Crippen molar-refractivity contribution in [2.75, 3.05) is 12.4 Å². The van der Waals surface area contributed by atoms with Gasteiger partial charge in [-0.2, -0.15) is 13.2 Å². The summed E-state index contributed by atoms with van der Waals surface area (Å²) >= 11 is 0. The molecule has 1 heterocycles. The van der Waals surface area contributed by atoms with Crippen LogP contribution in [0.5, 0.6) is 0 Å². The second-order valence-corrected chi connectivity index (χ2v) is 4.22. The van der Waals surface area contributed by atoms with Crippen LogP contribution in [-0.2, 0) is 0 Å². The fourth-order valence-corrected chi connectivity index (χ4v) is 1.56. The molecule has 0 unspecified atom stereocenters. The van der Waals surface area contributed by atoms with Gasteiger partial charge in [-0.05, 0) is 25.0 Å². The average Bonchev–Trinajstić information content (AvgIpc) is 3.09. The molecule has 0 aromatic carbocycles. The Kier molecular flexibility index (Phi) is 2.92. The van der Waals surface area contributed by atoms with Crippen LogP contribution in [-0.4, -0.2) is 29.7 Å². The molecule has 4 nitrogen and oxygen atoms in total. The Labute approximate surface area is 102 Å². The third kappa shape index (κ3) is 2.25. The molecular weight excluding hydrogens is 247 g/mol. The highest BCUT2D eigenvalue weighted by molar-refractivity contribution is 5.93. The largest absolute Gasteiger partial charge is 0.411 e. The molecule has 0 radical (unpaired) electrons. The molecule has 2 rings (SSSR count). The number of pyridine rings is 1. The van der Waals surface area contributed by atoms with Gasteiger partial charge in [-0.3, -0.25) is 4.79 Å². The zero-order valence-electron chi connectivity index (χ0n) is 9.64. The van der Waals surface area contributed by atoms with Crippen LogP contribution in [0.3, 0.4) is 0 Å². The monoisotopic (exact) mass is 259 g/mol. The van der Waals surface area contributed by atoms with Crippen molar-refractivity contribution in [2.24, 2.45) is 0 Å². The van der Waals surface area contributed by atoms with Gasteiger partial charge in [-0.15, -0.1) is 0 Å². The first-order valence-electron chi connectivity index (χ1n) is 5.41. The number of aromatic nitrogens is 1. The number of hydrogen-bond donors (Lipinski definition) is 2. The van der Waals surface area contributed by atoms with Crippen molar-refractivity contribution in [1.82, 2.24) is 10.3 Å². The smallest absolute Gasteiger partial charge is 0.387 e. The molecule has 1 aromatic heterocycles. The van der Waals surface area contributed by atoms with E-state index in [0.29, 0.717) is 5.69 Å². The molecule has 1 aliphatic carbocycles. The Hall–Kier alpha value is -1.79. The van der Waals surface area contributed by atoms with Gasteiger partial charge < -0.3 is 10.6 Å². The average molecular weight is 259 g/mol. The van der Waals surface area contributed by atoms with Gasteiger partial charge in [0.15, 0.2) is 0 Å². The lowest BCUT2D eigenvalue weighted by Gasteiger charge is -2.20. The van der Waals surface area contributed by atoms with Crippen LogP contribution in [0.2, 0.25) is 0 Å². The van der Waals surface area contributed by atoms with Gasteiger partial charge in [-0.25, -0.2) is 4.98 Å². The predicted molar refractivity (Wildman–Crippen MR) is 59.3 cm³/mol. The van der Waals surface area contributed by atoms with Crippen LogP contribution in [0.15, 0.2) is 18.3 Å². The molecular formula is C11H12F3N3O. The van der Waals surface area contributed by atoms with Crippen molar-refractivity contribution in [2.45, 2.75) is 24.6 Å². The number of alkyl halides is 3. The summed E-state index contributed by atoms with van der Waals surface area (Å²) in [6.07, 6.45) is -3.16. The Morgan fingerprint density at radius 3 is 2.44 bits per heavy atom. The Bertz CT molecular complexity index is 452. The van der Waals surface area contributed by atoms with E-state index >= 15 is 0 Å². The minimum atomic E-state index is -4.41. The van der Waals surface area contributed by atoms with Gasteiger partial charge in [0, 0.05) is 7.05 Å². The summed E-state index contributed by atoms with van der Waals surface area (Å²) in [7, 11) is 1.68. The number of anilines is 1. The van der Waals surface area contributed by atoms with Crippen LogP contribution < -0.4 is 10.6 Å². The second kappa shape index (κ2) is 4.15. The number of halogens is 3. The SMILES string of the molecule is CNc1ccc(C(=O)NC2(C(F)(F)F)CC2)nc1. The second-order valence-electron chi connectivity index (χ2n) is 4.22. The van der Waals surface area contributed by atoms with Gasteiger partial charge in [0.2, 0.25) is 0 Å². The maximum atomic E-state index is 12.6. The Morgan fingerprint density at radius 2 is 2.06 bits per heavy atom. The molecule has 0 atom stereocenters. The third-order valence-corrected chi connectivity index (χ3v) is 2.93. The number of carbonyl (C=O) groups is 1. The van der Waals surface area contributed by atoms with Crippen LogP contribution in [0.1, 0.15) is 23.3 Å². The van der Waals surface area contributed by atoms with Crippen molar-refractivity contribution in [3.05, 3.63) is 24.0 Å². The molecule has 1 aliphatic rings. The summed E-state index contributed by atoms with van der Waals surface area (Å²) < 4.78 is 37.9. The van der Waals surface area contributed by atoms with E-state index in [-0.39, 0.29) is 18.5 Å². The Balaban J connectivity index is 2.08. The number of nitrogens with one attached hydrogen (secondary N) is 2. The predicted octanol–water partition coefficient (Wildman–Crippen LogP) is 1.95. The summed E-state index contributed by atoms with van der Waals surface area (Å²) in [5, 5.41) is 4.82. The van der Waals surface area contributed by atoms with Crippen molar-refractivity contribution in [3.8, 4) is 0 Å². The van der Waals surface area contributed by atoms with Gasteiger partial charge in [0.25, 0.3) is 5.91 Å². The molecule has 7 heteroatoms. The van der Waals surface area contributed by atoms with E-state index in [1.165, 1.54) is 12.3 Å². The van der Waals surface area contributed by atoms with Crippen molar-refractivity contribution in [3.63, 3.8) is 0 Å². The fraction of sp³-hybridized carbons (Fsp3) is 0.455. The minimum Gasteiger partial charge on any atom is -0.387 e. The maximum Gasteiger partial charge on any atom is 0.411 e. The van der Waals surface area contributed by atoms with Crippen LogP contribution in [0, 0.1) is 0 Å². The first-order valence-corrected chi connectivity index (χ1v) is 5.41. The Morgan fingerprint density at radius 1 is 1.39 bits per heavy atom. The maximum absolute atomic E-state index is 12.6. The molecule has 1 saturated carbocycles. The van der Waals surface area contributed by atoms with Crippen molar-refractivity contribution in [1.29, 1.82) is 0 Å². The number of carbonyl (C=O) groups excluding carboxylic acids is 1. The van der Waals surface area contributed by atoms with Crippen LogP contribution >= 0.6 is 0 Å². The molecule has 98 valence electrons. The topological polar surface area (TPSA) is 54.0 Å². The summed E-state index contributed by atoms with van der Waals surface area (Å²) in [5.74, 6) is -0.799. The van der Waals surface area contributed by atoms with Crippen LogP contribution in [0.25, 0.3) is 0 Å². The normalized spacial score (nSPS) is 17.1. The zero-order valence-corrected chi connectivity index (χ0v) is 9.64. The molecule has 1 amide bonds. The lowest BCUT2D eigenvalue weighted by Crippen LogP contribution is -2.48. The van der Waals surface area contributed by atoms with E-state index in [2.05, 4.69) is 10.3 Å². The highest BCUT2D eigenvalue weighted by Crippen LogP contribution is 2.48. The van der Waals surface area contributed by atoms with E-state index in [1.54, 1.807) is 13.1 Å². The lowest BCUT2D eigenvalue weighted by molar-refractivity contribution is -0.163. The van der Waals surface area contributed by atoms with Crippen molar-refractivity contribution >= 4 is 11.6 Å². The van der Waals surface area contributed by atoms with E-state index in [1.807, 2.05) is 5.32 Å². The molecule has 1 aromatic rings. The first-order chi connectivity index (χ1) is 8.38.